The summed E-state index contributed by atoms with van der Waals surface area (Å²) < 4.78 is 74.6. The van der Waals surface area contributed by atoms with Crippen molar-refractivity contribution in [2.45, 2.75) is 80.9 Å². The number of rotatable bonds is 4. The molecule has 0 fully saturated rings. The summed E-state index contributed by atoms with van der Waals surface area (Å²) in [4.78, 5) is 19.4. The summed E-state index contributed by atoms with van der Waals surface area (Å²) in [5.74, 6) is -2.34. The van der Waals surface area contributed by atoms with Crippen molar-refractivity contribution in [2.24, 2.45) is 12.5 Å². The van der Waals surface area contributed by atoms with Crippen LogP contribution < -0.4 is 0 Å². The molecule has 0 spiro atoms. The van der Waals surface area contributed by atoms with E-state index >= 15 is 8.78 Å². The van der Waals surface area contributed by atoms with Gasteiger partial charge in [-0.05, 0) is 66.8 Å². The number of aliphatic carboxylic acids is 1. The van der Waals surface area contributed by atoms with Crippen molar-refractivity contribution in [1.29, 1.82) is 0 Å². The lowest BCUT2D eigenvalue weighted by atomic mass is 9.74. The first kappa shape index (κ1) is 36.7. The molecule has 3 atom stereocenters. The Morgan fingerprint density at radius 2 is 1.86 bits per heavy atom. The molecule has 5 aromatic rings. The first-order valence-corrected chi connectivity index (χ1v) is 19.9. The number of hydrogen-bond donors (Lipinski definition) is 2. The van der Waals surface area contributed by atoms with E-state index in [9.17, 15) is 22.9 Å². The molecule has 4 bridgehead atoms. The Labute approximate surface area is 299 Å². The van der Waals surface area contributed by atoms with E-state index in [2.05, 4.69) is 4.98 Å². The Morgan fingerprint density at radius 1 is 1.10 bits per heavy atom. The minimum atomic E-state index is -3.66. The number of carbonyl (C=O) groups is 1. The Balaban J connectivity index is 1.53. The van der Waals surface area contributed by atoms with Gasteiger partial charge in [0.05, 0.1) is 28.9 Å². The fourth-order valence-electron chi connectivity index (χ4n) is 7.31. The van der Waals surface area contributed by atoms with Gasteiger partial charge in [0, 0.05) is 53.0 Å². The normalized spacial score (nSPS) is 21.4. The highest BCUT2D eigenvalue weighted by Gasteiger charge is 2.37. The van der Waals surface area contributed by atoms with Crippen LogP contribution in [-0.4, -0.2) is 55.3 Å². The van der Waals surface area contributed by atoms with Crippen molar-refractivity contribution in [3.63, 3.8) is 0 Å². The summed E-state index contributed by atoms with van der Waals surface area (Å²) in [6.45, 7) is 7.66. The Bertz CT molecular complexity index is 2230. The van der Waals surface area contributed by atoms with Gasteiger partial charge in [-0.1, -0.05) is 51.5 Å². The minimum absolute atomic E-state index is 0.0304. The maximum atomic E-state index is 15.9. The SMILES string of the molecule is CC(CC(=O)O)c1cccc([C@@]2(C)CCCC(C)(C)CS(=O)(=O)CCc3c(c(F)cc4[nH]ccc34)[S+]([O-])c3ccc(F)c(c3)-c3nc2nn3C)c1. The van der Waals surface area contributed by atoms with E-state index in [0.29, 0.717) is 41.6 Å². The molecule has 0 radical (unpaired) electrons. The molecule has 51 heavy (non-hydrogen) atoms. The van der Waals surface area contributed by atoms with E-state index < -0.39 is 49.4 Å². The van der Waals surface area contributed by atoms with Gasteiger partial charge >= 0.3 is 5.97 Å². The van der Waals surface area contributed by atoms with Crippen LogP contribution in [0, 0.1) is 17.0 Å². The lowest BCUT2D eigenvalue weighted by Crippen LogP contribution is -2.29. The number of aromatic amines is 1. The van der Waals surface area contributed by atoms with Crippen molar-refractivity contribution in [3.8, 4) is 11.4 Å². The van der Waals surface area contributed by atoms with E-state index in [4.69, 9.17) is 10.1 Å². The number of nitrogens with zero attached hydrogens (tertiary/aromatic N) is 3. The molecule has 270 valence electrons. The molecule has 2 aromatic heterocycles. The number of benzene rings is 3. The second-order valence-corrected chi connectivity index (χ2v) is 18.3. The standard InChI is InChI=1S/C38H42F2N4O5S2/c1-23(18-33(45)46)24-8-6-9-25(19-24)38(4)15-7-14-37(2,3)22-51(48,49)17-13-28-27-12-16-41-32(27)21-31(40)34(28)50(47)26-10-11-30(39)29(20-26)35-42-36(38)43-44(35)5/h6,8-12,16,19-21,23,41H,7,13-15,17-18,22H2,1-5H3,(H,45,46)/t23?,38-,50?/m1/s1. The average Bonchev–Trinajstić information content (AvgIpc) is 3.68. The molecule has 1 aliphatic rings. The summed E-state index contributed by atoms with van der Waals surface area (Å²) in [6, 6.07) is 14.5. The van der Waals surface area contributed by atoms with Gasteiger partial charge in [0.2, 0.25) is 0 Å². The fraction of sp³-hybridized carbons (Fsp3) is 0.395. The van der Waals surface area contributed by atoms with Crippen LogP contribution in [0.3, 0.4) is 0 Å². The van der Waals surface area contributed by atoms with Gasteiger partial charge < -0.3 is 14.6 Å². The van der Waals surface area contributed by atoms with Gasteiger partial charge in [0.1, 0.15) is 5.82 Å². The van der Waals surface area contributed by atoms with Crippen LogP contribution in [-0.2, 0) is 44.7 Å². The number of aryl methyl sites for hydroxylation is 2. The zero-order chi connectivity index (χ0) is 36.9. The summed E-state index contributed by atoms with van der Waals surface area (Å²) in [5.41, 5.74) is 1.04. The first-order valence-electron chi connectivity index (χ1n) is 16.9. The van der Waals surface area contributed by atoms with Crippen molar-refractivity contribution in [3.05, 3.63) is 94.9 Å². The molecular weight excluding hydrogens is 695 g/mol. The van der Waals surface area contributed by atoms with Gasteiger partial charge in [-0.25, -0.2) is 26.9 Å². The Morgan fingerprint density at radius 3 is 2.61 bits per heavy atom. The maximum absolute atomic E-state index is 15.9. The Hall–Kier alpha value is -4.07. The van der Waals surface area contributed by atoms with Crippen molar-refractivity contribution >= 4 is 37.9 Å². The summed E-state index contributed by atoms with van der Waals surface area (Å²) >= 11 is -2.15. The van der Waals surface area contributed by atoms with Gasteiger partial charge in [-0.3, -0.25) is 4.79 Å². The molecule has 0 amide bonds. The first-order chi connectivity index (χ1) is 24.0. The number of carboxylic acid groups (broad SMARTS) is 1. The topological polar surface area (TPSA) is 141 Å². The highest BCUT2D eigenvalue weighted by atomic mass is 32.2. The number of carboxylic acids is 1. The third-order valence-corrected chi connectivity index (χ3v) is 13.6. The van der Waals surface area contributed by atoms with E-state index in [-0.39, 0.29) is 51.4 Å². The number of aromatic nitrogens is 4. The molecule has 9 nitrogen and oxygen atoms in total. The van der Waals surface area contributed by atoms with Gasteiger partial charge in [-0.2, -0.15) is 5.10 Å². The number of fused-ring (bicyclic) bond motifs is 8. The molecule has 3 aromatic carbocycles. The van der Waals surface area contributed by atoms with Crippen molar-refractivity contribution in [2.75, 3.05) is 11.5 Å². The van der Waals surface area contributed by atoms with Gasteiger partial charge in [0.25, 0.3) is 0 Å². The predicted octanol–water partition coefficient (Wildman–Crippen LogP) is 7.46. The molecule has 1 aliphatic heterocycles. The third-order valence-electron chi connectivity index (χ3n) is 10.1. The molecule has 0 saturated heterocycles. The largest absolute Gasteiger partial charge is 0.606 e. The van der Waals surface area contributed by atoms with Crippen molar-refractivity contribution in [1.82, 2.24) is 19.7 Å². The lowest BCUT2D eigenvalue weighted by Gasteiger charge is -2.31. The highest BCUT2D eigenvalue weighted by molar-refractivity contribution is 7.92. The second kappa shape index (κ2) is 13.8. The molecule has 0 saturated carbocycles. The smallest absolute Gasteiger partial charge is 0.303 e. The van der Waals surface area contributed by atoms with Crippen LogP contribution in [0.1, 0.15) is 81.8 Å². The lowest BCUT2D eigenvalue weighted by molar-refractivity contribution is -0.137. The average molecular weight is 737 g/mol. The van der Waals surface area contributed by atoms with E-state index in [1.807, 2.05) is 52.0 Å². The third kappa shape index (κ3) is 7.47. The molecule has 2 N–H and O–H groups in total. The van der Waals surface area contributed by atoms with Gasteiger partial charge in [0.15, 0.2) is 37.1 Å². The molecule has 0 aliphatic carbocycles. The fourth-order valence-corrected chi connectivity index (χ4v) is 10.6. The molecule has 6 rings (SSSR count). The number of halogens is 2. The monoisotopic (exact) mass is 736 g/mol. The van der Waals surface area contributed by atoms with Crippen molar-refractivity contribution < 1.29 is 31.7 Å². The minimum Gasteiger partial charge on any atom is -0.606 e. The Kier molecular flexibility index (Phi) is 9.94. The number of hydrogen-bond acceptors (Lipinski definition) is 6. The van der Waals surface area contributed by atoms with Crippen LogP contribution >= 0.6 is 0 Å². The second-order valence-electron chi connectivity index (χ2n) is 14.7. The number of sulfone groups is 1. The van der Waals surface area contributed by atoms with Crippen LogP contribution in [0.5, 0.6) is 0 Å². The zero-order valence-corrected chi connectivity index (χ0v) is 30.9. The molecular formula is C38H42F2N4O5S2. The molecule has 3 heterocycles. The maximum Gasteiger partial charge on any atom is 0.303 e. The van der Waals surface area contributed by atoms with E-state index in [1.165, 1.54) is 28.9 Å². The van der Waals surface area contributed by atoms with Crippen LogP contribution in [0.2, 0.25) is 0 Å². The summed E-state index contributed by atoms with van der Waals surface area (Å²) in [7, 11) is -2.01. The summed E-state index contributed by atoms with van der Waals surface area (Å²) in [5, 5.41) is 14.8. The number of nitrogens with one attached hydrogen (secondary N) is 1. The van der Waals surface area contributed by atoms with Crippen LogP contribution in [0.4, 0.5) is 8.78 Å². The number of H-pyrrole nitrogens is 1. The van der Waals surface area contributed by atoms with Crippen LogP contribution in [0.25, 0.3) is 22.3 Å². The van der Waals surface area contributed by atoms with E-state index in [1.54, 1.807) is 19.3 Å². The van der Waals surface area contributed by atoms with Crippen LogP contribution in [0.15, 0.2) is 70.6 Å². The molecule has 13 heteroatoms. The zero-order valence-electron chi connectivity index (χ0n) is 29.3. The van der Waals surface area contributed by atoms with E-state index in [0.717, 1.165) is 11.1 Å². The summed E-state index contributed by atoms with van der Waals surface area (Å²) in [6.07, 6.45) is 3.18. The van der Waals surface area contributed by atoms with Gasteiger partial charge in [-0.15, -0.1) is 0 Å². The molecule has 2 unspecified atom stereocenters. The highest BCUT2D eigenvalue weighted by Crippen LogP contribution is 2.41. The quantitative estimate of drug-likeness (QED) is 0.183. The predicted molar refractivity (Wildman–Crippen MR) is 193 cm³/mol.